The Morgan fingerprint density at radius 2 is 2.00 bits per heavy atom. The standard InChI is InChI=1S/C19H18ClNO3/c1-11-12(9-10-22)17-15(21-11)7-8-16(24-2)18(17)19(23)13-5-3-4-6-14(13)20/h3-8,21-22H,9-10H2,1-2H3. The highest BCUT2D eigenvalue weighted by Gasteiger charge is 2.23. The zero-order valence-corrected chi connectivity index (χ0v) is 14.3. The van der Waals surface area contributed by atoms with E-state index in [0.717, 1.165) is 22.2 Å². The third-order valence-corrected chi connectivity index (χ3v) is 4.50. The number of halogens is 1. The van der Waals surface area contributed by atoms with Crippen molar-refractivity contribution in [2.45, 2.75) is 13.3 Å². The molecule has 0 aliphatic heterocycles. The number of methoxy groups -OCH3 is 1. The topological polar surface area (TPSA) is 62.3 Å². The minimum Gasteiger partial charge on any atom is -0.496 e. The minimum absolute atomic E-state index is 0.00469. The van der Waals surface area contributed by atoms with E-state index in [0.29, 0.717) is 28.3 Å². The van der Waals surface area contributed by atoms with E-state index in [-0.39, 0.29) is 12.4 Å². The Morgan fingerprint density at radius 1 is 1.25 bits per heavy atom. The van der Waals surface area contributed by atoms with Gasteiger partial charge in [-0.1, -0.05) is 23.7 Å². The van der Waals surface area contributed by atoms with Crippen LogP contribution in [0.15, 0.2) is 36.4 Å². The molecule has 1 heterocycles. The van der Waals surface area contributed by atoms with Crippen LogP contribution < -0.4 is 4.74 Å². The van der Waals surface area contributed by atoms with Crippen molar-refractivity contribution in [3.05, 3.63) is 63.8 Å². The van der Waals surface area contributed by atoms with Crippen LogP contribution >= 0.6 is 11.6 Å². The van der Waals surface area contributed by atoms with Crippen LogP contribution in [0.25, 0.3) is 10.9 Å². The van der Waals surface area contributed by atoms with Crippen molar-refractivity contribution >= 4 is 28.3 Å². The van der Waals surface area contributed by atoms with E-state index >= 15 is 0 Å². The molecule has 0 aliphatic carbocycles. The zero-order chi connectivity index (χ0) is 17.3. The average molecular weight is 344 g/mol. The number of aliphatic hydroxyl groups is 1. The maximum atomic E-state index is 13.2. The summed E-state index contributed by atoms with van der Waals surface area (Å²) in [6.07, 6.45) is 0.460. The third kappa shape index (κ3) is 2.68. The van der Waals surface area contributed by atoms with Crippen LogP contribution in [0.1, 0.15) is 27.2 Å². The molecule has 124 valence electrons. The largest absolute Gasteiger partial charge is 0.496 e. The number of ether oxygens (including phenoxy) is 1. The Balaban J connectivity index is 2.32. The van der Waals surface area contributed by atoms with E-state index in [1.807, 2.05) is 13.0 Å². The summed E-state index contributed by atoms with van der Waals surface area (Å²) in [5.41, 5.74) is 3.59. The lowest BCUT2D eigenvalue weighted by atomic mass is 9.95. The molecule has 0 spiro atoms. The number of aromatic amines is 1. The molecule has 0 unspecified atom stereocenters. The lowest BCUT2D eigenvalue weighted by Gasteiger charge is -2.12. The molecule has 0 radical (unpaired) electrons. The van der Waals surface area contributed by atoms with Gasteiger partial charge in [0.2, 0.25) is 0 Å². The van der Waals surface area contributed by atoms with E-state index in [1.54, 1.807) is 30.3 Å². The summed E-state index contributed by atoms with van der Waals surface area (Å²) in [6.45, 7) is 1.94. The molecule has 0 atom stereocenters. The van der Waals surface area contributed by atoms with Gasteiger partial charge in [0.05, 0.1) is 17.7 Å². The van der Waals surface area contributed by atoms with Crippen molar-refractivity contribution in [1.82, 2.24) is 4.98 Å². The van der Waals surface area contributed by atoms with Crippen LogP contribution in [0.5, 0.6) is 5.75 Å². The summed E-state index contributed by atoms with van der Waals surface area (Å²) in [4.78, 5) is 16.5. The smallest absolute Gasteiger partial charge is 0.198 e. The molecule has 1 aromatic heterocycles. The van der Waals surface area contributed by atoms with E-state index < -0.39 is 0 Å². The van der Waals surface area contributed by atoms with Crippen LogP contribution in [-0.2, 0) is 6.42 Å². The number of rotatable bonds is 5. The van der Waals surface area contributed by atoms with Crippen molar-refractivity contribution in [3.8, 4) is 5.75 Å². The molecule has 5 heteroatoms. The summed E-state index contributed by atoms with van der Waals surface area (Å²) in [6, 6.07) is 10.6. The number of benzene rings is 2. The number of carbonyl (C=O) groups excluding carboxylic acids is 1. The van der Waals surface area contributed by atoms with Crippen LogP contribution in [0, 0.1) is 6.92 Å². The molecule has 0 aliphatic rings. The second kappa shape index (κ2) is 6.67. The van der Waals surface area contributed by atoms with E-state index in [1.165, 1.54) is 7.11 Å². The van der Waals surface area contributed by atoms with Gasteiger partial charge in [0, 0.05) is 28.8 Å². The number of aliphatic hydroxyl groups excluding tert-OH is 1. The average Bonchev–Trinajstić information content (AvgIpc) is 2.90. The molecular formula is C19H18ClNO3. The molecule has 2 N–H and O–H groups in total. The molecule has 2 aromatic carbocycles. The lowest BCUT2D eigenvalue weighted by molar-refractivity contribution is 0.103. The van der Waals surface area contributed by atoms with Gasteiger partial charge in [0.1, 0.15) is 5.75 Å². The molecular weight excluding hydrogens is 326 g/mol. The Morgan fingerprint density at radius 3 is 2.67 bits per heavy atom. The summed E-state index contributed by atoms with van der Waals surface area (Å²) in [7, 11) is 1.54. The Bertz CT molecular complexity index is 914. The molecule has 0 amide bonds. The minimum atomic E-state index is -0.193. The molecule has 0 saturated carbocycles. The predicted octanol–water partition coefficient (Wildman–Crippen LogP) is 3.90. The molecule has 4 nitrogen and oxygen atoms in total. The van der Waals surface area contributed by atoms with Gasteiger partial charge in [0.25, 0.3) is 0 Å². The molecule has 0 bridgehead atoms. The molecule has 3 aromatic rings. The van der Waals surface area contributed by atoms with Gasteiger partial charge in [-0.25, -0.2) is 0 Å². The van der Waals surface area contributed by atoms with Gasteiger partial charge in [-0.15, -0.1) is 0 Å². The van der Waals surface area contributed by atoms with Gasteiger partial charge in [0.15, 0.2) is 5.78 Å². The molecule has 0 saturated heterocycles. The summed E-state index contributed by atoms with van der Waals surface area (Å²) in [5, 5.41) is 10.6. The summed E-state index contributed by atoms with van der Waals surface area (Å²) in [5.74, 6) is 0.298. The summed E-state index contributed by atoms with van der Waals surface area (Å²) >= 11 is 6.21. The monoisotopic (exact) mass is 343 g/mol. The van der Waals surface area contributed by atoms with Crippen molar-refractivity contribution in [3.63, 3.8) is 0 Å². The van der Waals surface area contributed by atoms with E-state index in [4.69, 9.17) is 16.3 Å². The first-order chi connectivity index (χ1) is 11.6. The molecule has 24 heavy (non-hydrogen) atoms. The number of hydrogen-bond acceptors (Lipinski definition) is 3. The first-order valence-corrected chi connectivity index (χ1v) is 8.04. The van der Waals surface area contributed by atoms with Crippen LogP contribution in [0.3, 0.4) is 0 Å². The maximum Gasteiger partial charge on any atom is 0.198 e. The second-order valence-corrected chi connectivity index (χ2v) is 5.98. The number of hydrogen-bond donors (Lipinski definition) is 2. The van der Waals surface area contributed by atoms with Crippen molar-refractivity contribution in [2.75, 3.05) is 13.7 Å². The SMILES string of the molecule is COc1ccc2[nH]c(C)c(CCO)c2c1C(=O)c1ccccc1Cl. The fourth-order valence-electron chi connectivity index (χ4n) is 3.07. The van der Waals surface area contributed by atoms with Gasteiger partial charge in [-0.05, 0) is 43.2 Å². The van der Waals surface area contributed by atoms with E-state index in [2.05, 4.69) is 4.98 Å². The van der Waals surface area contributed by atoms with Crippen LogP contribution in [0.4, 0.5) is 0 Å². The van der Waals surface area contributed by atoms with Crippen molar-refractivity contribution in [1.29, 1.82) is 0 Å². The Labute approximate surface area is 145 Å². The first kappa shape index (κ1) is 16.6. The zero-order valence-electron chi connectivity index (χ0n) is 13.5. The number of carbonyl (C=O) groups is 1. The normalized spacial score (nSPS) is 11.0. The first-order valence-electron chi connectivity index (χ1n) is 7.66. The highest BCUT2D eigenvalue weighted by atomic mass is 35.5. The number of fused-ring (bicyclic) bond motifs is 1. The van der Waals surface area contributed by atoms with Gasteiger partial charge in [-0.2, -0.15) is 0 Å². The third-order valence-electron chi connectivity index (χ3n) is 4.17. The predicted molar refractivity (Wildman–Crippen MR) is 95.3 cm³/mol. The lowest BCUT2D eigenvalue weighted by Crippen LogP contribution is -2.06. The van der Waals surface area contributed by atoms with Gasteiger partial charge < -0.3 is 14.8 Å². The van der Waals surface area contributed by atoms with Crippen LogP contribution in [-0.4, -0.2) is 29.6 Å². The number of nitrogens with one attached hydrogen (secondary N) is 1. The van der Waals surface area contributed by atoms with E-state index in [9.17, 15) is 9.90 Å². The number of ketones is 1. The maximum absolute atomic E-state index is 13.2. The number of aromatic nitrogens is 1. The number of H-pyrrole nitrogens is 1. The van der Waals surface area contributed by atoms with Gasteiger partial charge >= 0.3 is 0 Å². The molecule has 3 rings (SSSR count). The molecule has 0 fully saturated rings. The van der Waals surface area contributed by atoms with Crippen molar-refractivity contribution < 1.29 is 14.6 Å². The second-order valence-electron chi connectivity index (χ2n) is 5.58. The summed E-state index contributed by atoms with van der Waals surface area (Å²) < 4.78 is 5.44. The number of aryl methyl sites for hydroxylation is 1. The van der Waals surface area contributed by atoms with Crippen molar-refractivity contribution in [2.24, 2.45) is 0 Å². The highest BCUT2D eigenvalue weighted by Crippen LogP contribution is 2.35. The van der Waals surface area contributed by atoms with Gasteiger partial charge in [-0.3, -0.25) is 4.79 Å². The van der Waals surface area contributed by atoms with Crippen LogP contribution in [0.2, 0.25) is 5.02 Å². The highest BCUT2D eigenvalue weighted by molar-refractivity contribution is 6.35. The fourth-order valence-corrected chi connectivity index (χ4v) is 3.29. The fraction of sp³-hybridized carbons (Fsp3) is 0.211. The Kier molecular flexibility index (Phi) is 4.60. The quantitative estimate of drug-likeness (QED) is 0.690. The Hall–Kier alpha value is -2.30.